The zero-order valence-electron chi connectivity index (χ0n) is 10.0. The van der Waals surface area contributed by atoms with E-state index in [1.165, 1.54) is 23.9 Å². The number of hydrogen-bond donors (Lipinski definition) is 0. The van der Waals surface area contributed by atoms with Gasteiger partial charge in [-0.05, 0) is 31.2 Å². The van der Waals surface area contributed by atoms with Crippen LogP contribution in [-0.2, 0) is 0 Å². The minimum Gasteiger partial charge on any atom is -0.293 e. The molecule has 0 spiro atoms. The first-order valence-electron chi connectivity index (χ1n) is 5.63. The van der Waals surface area contributed by atoms with Gasteiger partial charge in [-0.2, -0.15) is 0 Å². The fourth-order valence-corrected chi connectivity index (χ4v) is 2.44. The van der Waals surface area contributed by atoms with Gasteiger partial charge in [-0.1, -0.05) is 29.8 Å². The smallest absolute Gasteiger partial charge is 0.173 e. The van der Waals surface area contributed by atoms with Crippen molar-refractivity contribution in [2.45, 2.75) is 11.8 Å². The molecule has 0 aliphatic carbocycles. The summed E-state index contributed by atoms with van der Waals surface area (Å²) >= 11 is 1.35. The van der Waals surface area contributed by atoms with E-state index < -0.39 is 0 Å². The van der Waals surface area contributed by atoms with Gasteiger partial charge in [0.25, 0.3) is 0 Å². The highest BCUT2D eigenvalue weighted by Crippen LogP contribution is 2.20. The van der Waals surface area contributed by atoms with Crippen LogP contribution >= 0.6 is 11.8 Å². The minimum atomic E-state index is -0.275. The van der Waals surface area contributed by atoms with Crippen molar-refractivity contribution in [3.63, 3.8) is 0 Å². The number of rotatable bonds is 4. The van der Waals surface area contributed by atoms with Crippen LogP contribution in [0.2, 0.25) is 0 Å². The van der Waals surface area contributed by atoms with Crippen LogP contribution in [0.5, 0.6) is 0 Å². The number of Topliss-reactive ketones (excluding diaryl/α,β-unsaturated/α-hetero) is 1. The maximum Gasteiger partial charge on any atom is 0.173 e. The third-order valence-electron chi connectivity index (χ3n) is 2.51. The predicted octanol–water partition coefficient (Wildman–Crippen LogP) is 4.11. The molecular weight excluding hydrogens is 247 g/mol. The first-order valence-corrected chi connectivity index (χ1v) is 6.62. The molecule has 0 aliphatic rings. The van der Waals surface area contributed by atoms with E-state index >= 15 is 0 Å². The normalized spacial score (nSPS) is 10.3. The summed E-state index contributed by atoms with van der Waals surface area (Å²) in [5, 5.41) is 0. The monoisotopic (exact) mass is 260 g/mol. The van der Waals surface area contributed by atoms with E-state index in [1.54, 1.807) is 12.1 Å². The topological polar surface area (TPSA) is 17.1 Å². The molecule has 2 aromatic rings. The molecule has 0 atom stereocenters. The number of carbonyl (C=O) groups excluding carboxylic acids is 1. The Bertz CT molecular complexity index is 566. The van der Waals surface area contributed by atoms with Crippen LogP contribution < -0.4 is 0 Å². The molecule has 0 aromatic heterocycles. The van der Waals surface area contributed by atoms with Crippen LogP contribution in [0.1, 0.15) is 15.9 Å². The molecule has 0 N–H and O–H groups in total. The predicted molar refractivity (Wildman–Crippen MR) is 72.6 cm³/mol. The SMILES string of the molecule is Cc1cccc(C(=O)CSc2cccc(F)c2)c1. The molecule has 0 fully saturated rings. The fourth-order valence-electron chi connectivity index (χ4n) is 1.61. The van der Waals surface area contributed by atoms with Gasteiger partial charge in [-0.25, -0.2) is 4.39 Å². The van der Waals surface area contributed by atoms with Gasteiger partial charge >= 0.3 is 0 Å². The van der Waals surface area contributed by atoms with Crippen molar-refractivity contribution in [2.24, 2.45) is 0 Å². The standard InChI is InChI=1S/C15H13FOS/c1-11-4-2-5-12(8-11)15(17)10-18-14-7-3-6-13(16)9-14/h2-9H,10H2,1H3. The Kier molecular flexibility index (Phi) is 4.15. The Labute approximate surface area is 110 Å². The van der Waals surface area contributed by atoms with Gasteiger partial charge in [0, 0.05) is 10.5 Å². The molecule has 0 heterocycles. The van der Waals surface area contributed by atoms with Crippen molar-refractivity contribution >= 4 is 17.5 Å². The van der Waals surface area contributed by atoms with Crippen molar-refractivity contribution in [1.29, 1.82) is 0 Å². The van der Waals surface area contributed by atoms with Crippen LogP contribution in [0.25, 0.3) is 0 Å². The van der Waals surface area contributed by atoms with E-state index in [2.05, 4.69) is 0 Å². The molecule has 0 aliphatic heterocycles. The Hall–Kier alpha value is -1.61. The summed E-state index contributed by atoms with van der Waals surface area (Å²) in [6, 6.07) is 13.8. The highest BCUT2D eigenvalue weighted by Gasteiger charge is 2.06. The molecule has 0 radical (unpaired) electrons. The van der Waals surface area contributed by atoms with Gasteiger partial charge in [0.1, 0.15) is 5.82 Å². The summed E-state index contributed by atoms with van der Waals surface area (Å²) in [4.78, 5) is 12.7. The molecule has 1 nitrogen and oxygen atoms in total. The van der Waals surface area contributed by atoms with Gasteiger partial charge in [-0.15, -0.1) is 11.8 Å². The van der Waals surface area contributed by atoms with Crippen LogP contribution in [0.4, 0.5) is 4.39 Å². The molecule has 3 heteroatoms. The Morgan fingerprint density at radius 3 is 2.67 bits per heavy atom. The van der Waals surface area contributed by atoms with Crippen LogP contribution in [0.15, 0.2) is 53.4 Å². The van der Waals surface area contributed by atoms with Crippen molar-refractivity contribution in [2.75, 3.05) is 5.75 Å². The van der Waals surface area contributed by atoms with Crippen LogP contribution in [0.3, 0.4) is 0 Å². The Balaban J connectivity index is 2.00. The van der Waals surface area contributed by atoms with Gasteiger partial charge in [0.15, 0.2) is 5.78 Å². The second-order valence-corrected chi connectivity index (χ2v) is 5.09. The Morgan fingerprint density at radius 2 is 1.94 bits per heavy atom. The van der Waals surface area contributed by atoms with E-state index in [0.717, 1.165) is 10.5 Å². The molecule has 0 bridgehead atoms. The zero-order valence-corrected chi connectivity index (χ0v) is 10.8. The second-order valence-electron chi connectivity index (χ2n) is 4.04. The van der Waals surface area contributed by atoms with Crippen LogP contribution in [-0.4, -0.2) is 11.5 Å². The number of ketones is 1. The number of carbonyl (C=O) groups is 1. The van der Waals surface area contributed by atoms with Crippen LogP contribution in [0, 0.1) is 12.7 Å². The number of aryl methyl sites for hydroxylation is 1. The molecule has 2 rings (SSSR count). The average molecular weight is 260 g/mol. The molecule has 0 saturated carbocycles. The third kappa shape index (κ3) is 3.44. The highest BCUT2D eigenvalue weighted by atomic mass is 32.2. The summed E-state index contributed by atoms with van der Waals surface area (Å²) in [7, 11) is 0. The summed E-state index contributed by atoms with van der Waals surface area (Å²) < 4.78 is 13.0. The third-order valence-corrected chi connectivity index (χ3v) is 3.50. The minimum absolute atomic E-state index is 0.0629. The van der Waals surface area contributed by atoms with Gasteiger partial charge in [0.05, 0.1) is 5.75 Å². The van der Waals surface area contributed by atoms with E-state index in [9.17, 15) is 9.18 Å². The molecule has 0 amide bonds. The maximum atomic E-state index is 13.0. The lowest BCUT2D eigenvalue weighted by Gasteiger charge is -2.03. The second kappa shape index (κ2) is 5.83. The van der Waals surface area contributed by atoms with Crippen molar-refractivity contribution < 1.29 is 9.18 Å². The fraction of sp³-hybridized carbons (Fsp3) is 0.133. The summed E-state index contributed by atoms with van der Waals surface area (Å²) in [6.07, 6.45) is 0. The highest BCUT2D eigenvalue weighted by molar-refractivity contribution is 8.00. The first-order chi connectivity index (χ1) is 8.65. The molecule has 18 heavy (non-hydrogen) atoms. The summed E-state index contributed by atoms with van der Waals surface area (Å²) in [5.74, 6) is 0.114. The summed E-state index contributed by atoms with van der Waals surface area (Å²) in [5.41, 5.74) is 1.77. The largest absolute Gasteiger partial charge is 0.293 e. The average Bonchev–Trinajstić information content (AvgIpc) is 2.36. The van der Waals surface area contributed by atoms with E-state index in [0.29, 0.717) is 11.3 Å². The van der Waals surface area contributed by atoms with E-state index in [-0.39, 0.29) is 11.6 Å². The number of thioether (sulfide) groups is 1. The van der Waals surface area contributed by atoms with Crippen molar-refractivity contribution in [1.82, 2.24) is 0 Å². The number of hydrogen-bond acceptors (Lipinski definition) is 2. The van der Waals surface area contributed by atoms with Gasteiger partial charge < -0.3 is 0 Å². The molecule has 2 aromatic carbocycles. The van der Waals surface area contributed by atoms with E-state index in [4.69, 9.17) is 0 Å². The molecular formula is C15H13FOS. The van der Waals surface area contributed by atoms with Crippen molar-refractivity contribution in [3.05, 3.63) is 65.5 Å². The zero-order chi connectivity index (χ0) is 13.0. The summed E-state index contributed by atoms with van der Waals surface area (Å²) in [6.45, 7) is 1.95. The number of halogens is 1. The van der Waals surface area contributed by atoms with Gasteiger partial charge in [-0.3, -0.25) is 4.79 Å². The lowest BCUT2D eigenvalue weighted by atomic mass is 10.1. The lowest BCUT2D eigenvalue weighted by Crippen LogP contribution is -2.02. The first kappa shape index (κ1) is 12.8. The number of benzene rings is 2. The molecule has 0 saturated heterocycles. The molecule has 92 valence electrons. The Morgan fingerprint density at radius 1 is 1.17 bits per heavy atom. The van der Waals surface area contributed by atoms with E-state index in [1.807, 2.05) is 31.2 Å². The van der Waals surface area contributed by atoms with Crippen molar-refractivity contribution in [3.8, 4) is 0 Å². The lowest BCUT2D eigenvalue weighted by molar-refractivity contribution is 0.102. The van der Waals surface area contributed by atoms with Gasteiger partial charge in [0.2, 0.25) is 0 Å². The maximum absolute atomic E-state index is 13.0. The quantitative estimate of drug-likeness (QED) is 0.608. The molecule has 0 unspecified atom stereocenters.